The van der Waals surface area contributed by atoms with E-state index in [0.717, 1.165) is 13.2 Å². The summed E-state index contributed by atoms with van der Waals surface area (Å²) >= 11 is 0. The van der Waals surface area contributed by atoms with Crippen LogP contribution in [0.3, 0.4) is 0 Å². The predicted molar refractivity (Wildman–Crippen MR) is 132 cm³/mol. The zero-order valence-electron chi connectivity index (χ0n) is 20.6. The number of aliphatic hydroxyl groups excluding tert-OH is 1. The van der Waals surface area contributed by atoms with Crippen molar-refractivity contribution >= 4 is 0 Å². The first-order valence-electron chi connectivity index (χ1n) is 13.6. The van der Waals surface area contributed by atoms with Crippen molar-refractivity contribution in [3.8, 4) is 0 Å². The first-order chi connectivity index (χ1) is 14.7. The average molecular weight is 423 g/mol. The molecule has 1 rings (SSSR count). The minimum atomic E-state index is -0.374. The Hall–Kier alpha value is -0.700. The number of aliphatic hydroxyl groups is 1. The van der Waals surface area contributed by atoms with Crippen molar-refractivity contribution < 1.29 is 5.11 Å². The van der Waals surface area contributed by atoms with Gasteiger partial charge in [0.1, 0.15) is 6.23 Å². The largest absolute Gasteiger partial charge is 0.374 e. The summed E-state index contributed by atoms with van der Waals surface area (Å²) in [5.41, 5.74) is 0. The third kappa shape index (κ3) is 16.1. The fraction of sp³-hybridized carbons (Fsp3) is 0.926. The van der Waals surface area contributed by atoms with Crippen LogP contribution in [0.15, 0.2) is 12.4 Å². The molecule has 0 aliphatic carbocycles. The molecule has 1 N–H and O–H groups in total. The van der Waals surface area contributed by atoms with Gasteiger partial charge >= 0.3 is 0 Å². The van der Waals surface area contributed by atoms with E-state index in [4.69, 9.17) is 0 Å². The second kappa shape index (κ2) is 20.2. The molecule has 3 heteroatoms. The van der Waals surface area contributed by atoms with Crippen LogP contribution in [0.4, 0.5) is 0 Å². The molecule has 0 aromatic rings. The van der Waals surface area contributed by atoms with Gasteiger partial charge in [0, 0.05) is 18.9 Å². The number of nitrogens with zero attached hydrogens (tertiary/aromatic N) is 2. The third-order valence-corrected chi connectivity index (χ3v) is 6.59. The monoisotopic (exact) mass is 422 g/mol. The van der Waals surface area contributed by atoms with Gasteiger partial charge in [-0.25, -0.2) is 0 Å². The summed E-state index contributed by atoms with van der Waals surface area (Å²) in [6.07, 6.45) is 32.4. The molecule has 1 aliphatic heterocycles. The molecular weight excluding hydrogens is 368 g/mol. The van der Waals surface area contributed by atoms with E-state index in [1.54, 1.807) is 0 Å². The lowest BCUT2D eigenvalue weighted by molar-refractivity contribution is 0.0408. The molecular formula is C27H54N2O. The predicted octanol–water partition coefficient (Wildman–Crippen LogP) is 8.19. The lowest BCUT2D eigenvalue weighted by Crippen LogP contribution is -2.32. The Labute approximate surface area is 189 Å². The highest BCUT2D eigenvalue weighted by molar-refractivity contribution is 4.90. The van der Waals surface area contributed by atoms with Gasteiger partial charge in [0.25, 0.3) is 0 Å². The van der Waals surface area contributed by atoms with Crippen LogP contribution in [-0.2, 0) is 0 Å². The maximum Gasteiger partial charge on any atom is 0.125 e. The van der Waals surface area contributed by atoms with Crippen LogP contribution in [0.1, 0.15) is 142 Å². The molecule has 178 valence electrons. The van der Waals surface area contributed by atoms with Crippen molar-refractivity contribution in [3.63, 3.8) is 0 Å². The molecule has 0 amide bonds. The Kier molecular flexibility index (Phi) is 18.4. The van der Waals surface area contributed by atoms with Gasteiger partial charge < -0.3 is 14.9 Å². The van der Waals surface area contributed by atoms with Crippen molar-refractivity contribution in [1.29, 1.82) is 0 Å². The van der Waals surface area contributed by atoms with Gasteiger partial charge in [-0.1, -0.05) is 129 Å². The molecule has 0 saturated heterocycles. The molecule has 1 atom stereocenters. The van der Waals surface area contributed by atoms with E-state index in [1.165, 1.54) is 128 Å². The summed E-state index contributed by atoms with van der Waals surface area (Å²) in [4.78, 5) is 4.28. The van der Waals surface area contributed by atoms with E-state index in [9.17, 15) is 5.11 Å². The number of hydrogen-bond donors (Lipinski definition) is 1. The molecule has 1 aliphatic rings. The molecule has 1 heterocycles. The van der Waals surface area contributed by atoms with Crippen LogP contribution in [0.2, 0.25) is 0 Å². The van der Waals surface area contributed by atoms with Crippen LogP contribution in [0.5, 0.6) is 0 Å². The fourth-order valence-corrected chi connectivity index (χ4v) is 4.44. The van der Waals surface area contributed by atoms with Gasteiger partial charge in [0.2, 0.25) is 0 Å². The minimum absolute atomic E-state index is 0.374. The van der Waals surface area contributed by atoms with Crippen LogP contribution >= 0.6 is 0 Å². The van der Waals surface area contributed by atoms with Crippen LogP contribution in [0, 0.1) is 0 Å². The van der Waals surface area contributed by atoms with E-state index in [1.807, 2.05) is 18.0 Å². The highest BCUT2D eigenvalue weighted by Gasteiger charge is 2.14. The Morgan fingerprint density at radius 2 is 0.967 bits per heavy atom. The van der Waals surface area contributed by atoms with Crippen LogP contribution < -0.4 is 0 Å². The fourth-order valence-electron chi connectivity index (χ4n) is 4.44. The summed E-state index contributed by atoms with van der Waals surface area (Å²) in [6, 6.07) is 0. The highest BCUT2D eigenvalue weighted by Crippen LogP contribution is 2.15. The smallest absolute Gasteiger partial charge is 0.125 e. The van der Waals surface area contributed by atoms with Crippen molar-refractivity contribution in [3.05, 3.63) is 12.4 Å². The van der Waals surface area contributed by atoms with Crippen molar-refractivity contribution in [2.24, 2.45) is 0 Å². The third-order valence-electron chi connectivity index (χ3n) is 6.59. The molecule has 3 nitrogen and oxygen atoms in total. The van der Waals surface area contributed by atoms with Gasteiger partial charge in [-0.05, 0) is 13.3 Å². The molecule has 0 fully saturated rings. The summed E-state index contributed by atoms with van der Waals surface area (Å²) < 4.78 is 0. The molecule has 0 radical (unpaired) electrons. The van der Waals surface area contributed by atoms with Crippen molar-refractivity contribution in [2.75, 3.05) is 13.2 Å². The molecule has 30 heavy (non-hydrogen) atoms. The Morgan fingerprint density at radius 1 is 0.600 bits per heavy atom. The van der Waals surface area contributed by atoms with Gasteiger partial charge in [-0.3, -0.25) is 0 Å². The standard InChI is InChI=1S/C27H54N2O/c1-3-4-5-6-7-8-9-10-11-12-13-14-15-16-17-18-19-20-21-22-23-28-24-25-29(26-28)27(2)30/h24-25,27,30H,3-23,26H2,1-2H3. The Bertz CT molecular complexity index is 383. The summed E-state index contributed by atoms with van der Waals surface area (Å²) in [7, 11) is 0. The van der Waals surface area contributed by atoms with E-state index < -0.39 is 0 Å². The van der Waals surface area contributed by atoms with Gasteiger partial charge in [0.15, 0.2) is 0 Å². The summed E-state index contributed by atoms with van der Waals surface area (Å²) in [5.74, 6) is 0. The summed E-state index contributed by atoms with van der Waals surface area (Å²) in [5, 5.41) is 9.56. The van der Waals surface area contributed by atoms with E-state index >= 15 is 0 Å². The zero-order chi connectivity index (χ0) is 21.7. The quantitative estimate of drug-likeness (QED) is 0.178. The molecule has 0 bridgehead atoms. The highest BCUT2D eigenvalue weighted by atomic mass is 16.3. The van der Waals surface area contributed by atoms with Gasteiger partial charge in [-0.2, -0.15) is 0 Å². The van der Waals surface area contributed by atoms with Crippen LogP contribution in [0.25, 0.3) is 0 Å². The van der Waals surface area contributed by atoms with Gasteiger partial charge in [0.05, 0.1) is 6.67 Å². The molecule has 0 saturated carbocycles. The molecule has 0 aromatic heterocycles. The topological polar surface area (TPSA) is 26.7 Å². The number of unbranched alkanes of at least 4 members (excludes halogenated alkanes) is 19. The van der Waals surface area contributed by atoms with Crippen molar-refractivity contribution in [2.45, 2.75) is 148 Å². The Morgan fingerprint density at radius 3 is 1.30 bits per heavy atom. The first kappa shape index (κ1) is 27.3. The summed E-state index contributed by atoms with van der Waals surface area (Å²) in [6.45, 7) is 6.09. The van der Waals surface area contributed by atoms with Crippen molar-refractivity contribution in [1.82, 2.24) is 9.80 Å². The van der Waals surface area contributed by atoms with E-state index in [0.29, 0.717) is 0 Å². The molecule has 1 unspecified atom stereocenters. The molecule has 0 spiro atoms. The van der Waals surface area contributed by atoms with Crippen LogP contribution in [-0.4, -0.2) is 34.3 Å². The number of hydrogen-bond acceptors (Lipinski definition) is 3. The zero-order valence-corrected chi connectivity index (χ0v) is 20.6. The normalized spacial score (nSPS) is 14.8. The average Bonchev–Trinajstić information content (AvgIpc) is 3.22. The Balaban J connectivity index is 1.68. The SMILES string of the molecule is CCCCCCCCCCCCCCCCCCCCCCN1C=CN(C(C)O)C1. The maximum absolute atomic E-state index is 9.56. The second-order valence-electron chi connectivity index (χ2n) is 9.62. The van der Waals surface area contributed by atoms with E-state index in [2.05, 4.69) is 18.0 Å². The van der Waals surface area contributed by atoms with Gasteiger partial charge in [-0.15, -0.1) is 0 Å². The lowest BCUT2D eigenvalue weighted by atomic mass is 10.0. The number of rotatable bonds is 22. The lowest BCUT2D eigenvalue weighted by Gasteiger charge is -2.23. The minimum Gasteiger partial charge on any atom is -0.374 e. The maximum atomic E-state index is 9.56. The first-order valence-corrected chi connectivity index (χ1v) is 13.6. The molecule has 0 aromatic carbocycles. The van der Waals surface area contributed by atoms with E-state index in [-0.39, 0.29) is 6.23 Å². The second-order valence-corrected chi connectivity index (χ2v) is 9.62.